The molecule has 96 valence electrons. The number of unbranched alkanes of at least 4 members (excludes halogenated alkanes) is 10. The molecule has 0 aliphatic carbocycles. The molecule has 0 heterocycles. The van der Waals surface area contributed by atoms with Crippen molar-refractivity contribution in [2.75, 3.05) is 0 Å². The SMILES string of the molecule is Br.Br.CCCCCCCCCCCCC. The van der Waals surface area contributed by atoms with E-state index >= 15 is 0 Å². The van der Waals surface area contributed by atoms with Crippen molar-refractivity contribution in [1.82, 2.24) is 0 Å². The maximum atomic E-state index is 2.28. The Hall–Kier alpha value is 0.960. The molecule has 0 aromatic heterocycles. The first kappa shape index (κ1) is 21.3. The average molecular weight is 346 g/mol. The fraction of sp³-hybridized carbons (Fsp3) is 1.00. The first-order chi connectivity index (χ1) is 6.41. The Morgan fingerprint density at radius 3 is 0.800 bits per heavy atom. The zero-order valence-corrected chi connectivity index (χ0v) is 14.0. The van der Waals surface area contributed by atoms with Crippen LogP contribution in [0.25, 0.3) is 0 Å². The van der Waals surface area contributed by atoms with Gasteiger partial charge in [0.2, 0.25) is 0 Å². The minimum absolute atomic E-state index is 0. The topological polar surface area (TPSA) is 0 Å². The Kier molecular flexibility index (Phi) is 28.9. The molecule has 0 nitrogen and oxygen atoms in total. The summed E-state index contributed by atoms with van der Waals surface area (Å²) < 4.78 is 0. The number of halogens is 2. The molecule has 0 aromatic carbocycles. The second-order valence-electron chi connectivity index (χ2n) is 4.18. The van der Waals surface area contributed by atoms with E-state index in [1.54, 1.807) is 0 Å². The average Bonchev–Trinajstić information content (AvgIpc) is 2.16. The molecule has 0 aliphatic heterocycles. The Morgan fingerprint density at radius 2 is 0.600 bits per heavy atom. The van der Waals surface area contributed by atoms with E-state index in [-0.39, 0.29) is 34.0 Å². The van der Waals surface area contributed by atoms with Gasteiger partial charge in [-0.1, -0.05) is 84.5 Å². The van der Waals surface area contributed by atoms with Gasteiger partial charge in [0.05, 0.1) is 0 Å². The van der Waals surface area contributed by atoms with E-state index in [4.69, 9.17) is 0 Å². The van der Waals surface area contributed by atoms with Gasteiger partial charge in [0, 0.05) is 0 Å². The van der Waals surface area contributed by atoms with E-state index in [9.17, 15) is 0 Å². The molecule has 0 unspecified atom stereocenters. The lowest BCUT2D eigenvalue weighted by Gasteiger charge is -2.00. The van der Waals surface area contributed by atoms with Crippen molar-refractivity contribution in [3.63, 3.8) is 0 Å². The molecule has 0 atom stereocenters. The Labute approximate surface area is 118 Å². The molecular weight excluding hydrogens is 316 g/mol. The van der Waals surface area contributed by atoms with Crippen LogP contribution >= 0.6 is 34.0 Å². The van der Waals surface area contributed by atoms with Gasteiger partial charge in [-0.15, -0.1) is 34.0 Å². The van der Waals surface area contributed by atoms with Crippen molar-refractivity contribution in [3.8, 4) is 0 Å². The fourth-order valence-electron chi connectivity index (χ4n) is 1.74. The second kappa shape index (κ2) is 20.4. The maximum absolute atomic E-state index is 2.28. The Balaban J connectivity index is -0.000000720. The van der Waals surface area contributed by atoms with Crippen LogP contribution < -0.4 is 0 Å². The molecule has 0 fully saturated rings. The summed E-state index contributed by atoms with van der Waals surface area (Å²) in [5.41, 5.74) is 0. The van der Waals surface area contributed by atoms with Gasteiger partial charge in [0.1, 0.15) is 0 Å². The number of rotatable bonds is 10. The zero-order chi connectivity index (χ0) is 9.78. The van der Waals surface area contributed by atoms with Gasteiger partial charge in [0.15, 0.2) is 0 Å². The van der Waals surface area contributed by atoms with Crippen LogP contribution in [0.4, 0.5) is 0 Å². The lowest BCUT2D eigenvalue weighted by atomic mass is 10.1. The standard InChI is InChI=1S/C13H28.2BrH/c1-3-5-7-9-11-13-12-10-8-6-4-2;;/h3-13H2,1-2H3;2*1H. The molecule has 0 rings (SSSR count). The molecule has 0 spiro atoms. The molecular formula is C13H30Br2. The van der Waals surface area contributed by atoms with Crippen LogP contribution in [-0.2, 0) is 0 Å². The van der Waals surface area contributed by atoms with E-state index in [0.29, 0.717) is 0 Å². The zero-order valence-electron chi connectivity index (χ0n) is 10.6. The first-order valence-corrected chi connectivity index (χ1v) is 6.41. The van der Waals surface area contributed by atoms with Crippen molar-refractivity contribution >= 4 is 34.0 Å². The Bertz CT molecular complexity index is 74.6. The highest BCUT2D eigenvalue weighted by molar-refractivity contribution is 8.93. The summed E-state index contributed by atoms with van der Waals surface area (Å²) in [5.74, 6) is 0. The minimum Gasteiger partial charge on any atom is -0.114 e. The predicted molar refractivity (Wildman–Crippen MR) is 82.8 cm³/mol. The summed E-state index contributed by atoms with van der Waals surface area (Å²) in [6, 6.07) is 0. The molecule has 0 aliphatic rings. The molecule has 0 radical (unpaired) electrons. The van der Waals surface area contributed by atoms with Crippen LogP contribution in [0.1, 0.15) is 84.5 Å². The number of hydrogen-bond acceptors (Lipinski definition) is 0. The lowest BCUT2D eigenvalue weighted by Crippen LogP contribution is -1.80. The molecule has 0 amide bonds. The first-order valence-electron chi connectivity index (χ1n) is 6.41. The predicted octanol–water partition coefficient (Wildman–Crippen LogP) is 6.47. The van der Waals surface area contributed by atoms with Crippen LogP contribution in [0.5, 0.6) is 0 Å². The highest BCUT2D eigenvalue weighted by Crippen LogP contribution is 2.10. The molecule has 0 N–H and O–H groups in total. The maximum Gasteiger partial charge on any atom is -0.0533 e. The van der Waals surface area contributed by atoms with Crippen LogP contribution in [0.3, 0.4) is 0 Å². The minimum atomic E-state index is 0. The normalized spacial score (nSPS) is 9.20. The van der Waals surface area contributed by atoms with Crippen LogP contribution in [-0.4, -0.2) is 0 Å². The van der Waals surface area contributed by atoms with E-state index in [1.165, 1.54) is 70.6 Å². The quantitative estimate of drug-likeness (QED) is 0.398. The summed E-state index contributed by atoms with van der Waals surface area (Å²) in [6.07, 6.45) is 15.9. The van der Waals surface area contributed by atoms with Gasteiger partial charge >= 0.3 is 0 Å². The van der Waals surface area contributed by atoms with E-state index < -0.39 is 0 Å². The van der Waals surface area contributed by atoms with Crippen molar-refractivity contribution in [2.45, 2.75) is 84.5 Å². The summed E-state index contributed by atoms with van der Waals surface area (Å²) in [5, 5.41) is 0. The monoisotopic (exact) mass is 344 g/mol. The van der Waals surface area contributed by atoms with Crippen molar-refractivity contribution in [1.29, 1.82) is 0 Å². The summed E-state index contributed by atoms with van der Waals surface area (Å²) in [7, 11) is 0. The molecule has 0 saturated carbocycles. The highest BCUT2D eigenvalue weighted by Gasteiger charge is 1.90. The summed E-state index contributed by atoms with van der Waals surface area (Å²) >= 11 is 0. The summed E-state index contributed by atoms with van der Waals surface area (Å²) in [4.78, 5) is 0. The third kappa shape index (κ3) is 20.9. The molecule has 0 bridgehead atoms. The van der Waals surface area contributed by atoms with Gasteiger partial charge in [-0.2, -0.15) is 0 Å². The second-order valence-corrected chi connectivity index (χ2v) is 4.18. The summed E-state index contributed by atoms with van der Waals surface area (Å²) in [6.45, 7) is 4.56. The molecule has 0 aromatic rings. The van der Waals surface area contributed by atoms with Crippen molar-refractivity contribution in [2.24, 2.45) is 0 Å². The molecule has 2 heteroatoms. The van der Waals surface area contributed by atoms with Gasteiger partial charge in [-0.05, 0) is 0 Å². The van der Waals surface area contributed by atoms with Gasteiger partial charge in [-0.25, -0.2) is 0 Å². The lowest BCUT2D eigenvalue weighted by molar-refractivity contribution is 0.554. The third-order valence-corrected chi connectivity index (χ3v) is 2.71. The van der Waals surface area contributed by atoms with Crippen LogP contribution in [0.2, 0.25) is 0 Å². The van der Waals surface area contributed by atoms with E-state index in [2.05, 4.69) is 13.8 Å². The highest BCUT2D eigenvalue weighted by atomic mass is 79.9. The fourth-order valence-corrected chi connectivity index (χ4v) is 1.74. The van der Waals surface area contributed by atoms with E-state index in [1.807, 2.05) is 0 Å². The van der Waals surface area contributed by atoms with Crippen LogP contribution in [0.15, 0.2) is 0 Å². The van der Waals surface area contributed by atoms with Crippen molar-refractivity contribution < 1.29 is 0 Å². The van der Waals surface area contributed by atoms with Gasteiger partial charge in [0.25, 0.3) is 0 Å². The Morgan fingerprint density at radius 1 is 0.400 bits per heavy atom. The number of hydrogen-bond donors (Lipinski definition) is 0. The third-order valence-electron chi connectivity index (χ3n) is 2.71. The molecule has 0 saturated heterocycles. The van der Waals surface area contributed by atoms with Crippen LogP contribution in [0, 0.1) is 0 Å². The smallest absolute Gasteiger partial charge is 0.0533 e. The van der Waals surface area contributed by atoms with Crippen molar-refractivity contribution in [3.05, 3.63) is 0 Å². The largest absolute Gasteiger partial charge is 0.114 e. The van der Waals surface area contributed by atoms with Gasteiger partial charge in [-0.3, -0.25) is 0 Å². The van der Waals surface area contributed by atoms with E-state index in [0.717, 1.165) is 0 Å². The van der Waals surface area contributed by atoms with Gasteiger partial charge < -0.3 is 0 Å². The molecule has 15 heavy (non-hydrogen) atoms.